The summed E-state index contributed by atoms with van der Waals surface area (Å²) in [7, 11) is -2.22. The Bertz CT molecular complexity index is 893. The summed E-state index contributed by atoms with van der Waals surface area (Å²) in [6.45, 7) is 1.70. The quantitative estimate of drug-likeness (QED) is 0.808. The minimum absolute atomic E-state index is 0.0199. The van der Waals surface area contributed by atoms with E-state index >= 15 is 0 Å². The second-order valence-electron chi connectivity index (χ2n) is 6.31. The fraction of sp³-hybridized carbons (Fsp3) is 0.316. The number of hydrogen-bond donors (Lipinski definition) is 1. The molecular weight excluding hydrogens is 352 g/mol. The maximum Gasteiger partial charge on any atom is 0.243 e. The molecule has 7 heteroatoms. The zero-order valence-corrected chi connectivity index (χ0v) is 15.6. The van der Waals surface area contributed by atoms with E-state index in [1.54, 1.807) is 10.4 Å². The first-order chi connectivity index (χ1) is 12.4. The predicted molar refractivity (Wildman–Crippen MR) is 99.5 cm³/mol. The number of anilines is 1. The zero-order chi connectivity index (χ0) is 18.7. The van der Waals surface area contributed by atoms with Crippen LogP contribution in [0, 0.1) is 0 Å². The number of nitrogens with zero attached hydrogens (tertiary/aromatic N) is 1. The molecule has 0 heterocycles. The van der Waals surface area contributed by atoms with Crippen LogP contribution in [0.2, 0.25) is 0 Å². The van der Waals surface area contributed by atoms with E-state index in [0.717, 1.165) is 18.4 Å². The summed E-state index contributed by atoms with van der Waals surface area (Å²) < 4.78 is 33.2. The molecule has 26 heavy (non-hydrogen) atoms. The lowest BCUT2D eigenvalue weighted by Gasteiger charge is -2.23. The van der Waals surface area contributed by atoms with Crippen molar-refractivity contribution in [2.24, 2.45) is 0 Å². The molecule has 0 radical (unpaired) electrons. The Kier molecular flexibility index (Phi) is 5.29. The van der Waals surface area contributed by atoms with Gasteiger partial charge in [-0.15, -0.1) is 0 Å². The van der Waals surface area contributed by atoms with Gasteiger partial charge in [0.25, 0.3) is 0 Å². The number of amides is 1. The number of carbonyl (C=O) groups is 1. The minimum atomic E-state index is -3.69. The van der Waals surface area contributed by atoms with Gasteiger partial charge in [-0.1, -0.05) is 30.3 Å². The number of ether oxygens (including phenoxy) is 1. The number of sulfonamides is 1. The lowest BCUT2D eigenvalue weighted by atomic mass is 10.2. The second-order valence-corrected chi connectivity index (χ2v) is 8.20. The molecule has 1 amide bonds. The highest BCUT2D eigenvalue weighted by molar-refractivity contribution is 7.89. The molecule has 0 atom stereocenters. The SMILES string of the molecule is COc1ccc(S(=O)(=O)N(Cc2ccccc2)C2CC2)cc1NC(C)=O. The van der Waals surface area contributed by atoms with Gasteiger partial charge in [-0.2, -0.15) is 4.31 Å². The van der Waals surface area contributed by atoms with Gasteiger partial charge in [0.1, 0.15) is 5.75 Å². The Labute approximate surface area is 153 Å². The van der Waals surface area contributed by atoms with Crippen molar-refractivity contribution in [1.82, 2.24) is 4.31 Å². The maximum atomic E-state index is 13.2. The molecule has 6 nitrogen and oxygen atoms in total. The molecule has 0 aliphatic heterocycles. The van der Waals surface area contributed by atoms with Crippen LogP contribution in [0.4, 0.5) is 5.69 Å². The van der Waals surface area contributed by atoms with Gasteiger partial charge in [0.05, 0.1) is 17.7 Å². The van der Waals surface area contributed by atoms with E-state index in [1.807, 2.05) is 30.3 Å². The van der Waals surface area contributed by atoms with Crippen molar-refractivity contribution in [3.63, 3.8) is 0 Å². The minimum Gasteiger partial charge on any atom is -0.495 e. The molecular formula is C19H22N2O4S. The van der Waals surface area contributed by atoms with Crippen LogP contribution in [0.1, 0.15) is 25.3 Å². The Hall–Kier alpha value is -2.38. The lowest BCUT2D eigenvalue weighted by Crippen LogP contribution is -2.32. The predicted octanol–water partition coefficient (Wildman–Crippen LogP) is 3.01. The first-order valence-electron chi connectivity index (χ1n) is 8.43. The summed E-state index contributed by atoms with van der Waals surface area (Å²) >= 11 is 0. The summed E-state index contributed by atoms with van der Waals surface area (Å²) in [4.78, 5) is 11.6. The molecule has 138 valence electrons. The summed E-state index contributed by atoms with van der Waals surface area (Å²) in [5.41, 5.74) is 1.29. The molecule has 0 saturated heterocycles. The monoisotopic (exact) mass is 374 g/mol. The molecule has 0 unspecified atom stereocenters. The Morgan fingerprint density at radius 3 is 2.46 bits per heavy atom. The van der Waals surface area contributed by atoms with Gasteiger partial charge in [-0.25, -0.2) is 8.42 Å². The van der Waals surface area contributed by atoms with E-state index < -0.39 is 10.0 Å². The Morgan fingerprint density at radius 1 is 1.19 bits per heavy atom. The van der Waals surface area contributed by atoms with Crippen LogP contribution in [0.15, 0.2) is 53.4 Å². The number of methoxy groups -OCH3 is 1. The van der Waals surface area contributed by atoms with Crippen molar-refractivity contribution in [1.29, 1.82) is 0 Å². The van der Waals surface area contributed by atoms with Gasteiger partial charge in [0.15, 0.2) is 0 Å². The standard InChI is InChI=1S/C19H22N2O4S/c1-14(22)20-18-12-17(10-11-19(18)25-2)26(23,24)21(16-8-9-16)13-15-6-4-3-5-7-15/h3-7,10-12,16H,8-9,13H2,1-2H3,(H,20,22). The number of rotatable bonds is 7. The Balaban J connectivity index is 1.95. The summed E-state index contributed by atoms with van der Waals surface area (Å²) in [5, 5.41) is 2.62. The molecule has 0 bridgehead atoms. The average Bonchev–Trinajstić information content (AvgIpc) is 3.44. The summed E-state index contributed by atoms with van der Waals surface area (Å²) in [6.07, 6.45) is 1.72. The number of nitrogens with one attached hydrogen (secondary N) is 1. The smallest absolute Gasteiger partial charge is 0.243 e. The molecule has 1 N–H and O–H groups in total. The molecule has 2 aromatic rings. The van der Waals surface area contributed by atoms with E-state index in [9.17, 15) is 13.2 Å². The Morgan fingerprint density at radius 2 is 1.88 bits per heavy atom. The molecule has 0 aromatic heterocycles. The van der Waals surface area contributed by atoms with Gasteiger partial charge in [0.2, 0.25) is 15.9 Å². The highest BCUT2D eigenvalue weighted by Gasteiger charge is 2.38. The summed E-state index contributed by atoms with van der Waals surface area (Å²) in [6, 6.07) is 14.1. The van der Waals surface area contributed by atoms with E-state index in [-0.39, 0.29) is 16.8 Å². The van der Waals surface area contributed by atoms with Gasteiger partial charge in [-0.05, 0) is 36.6 Å². The van der Waals surface area contributed by atoms with Crippen molar-refractivity contribution in [3.8, 4) is 5.75 Å². The van der Waals surface area contributed by atoms with Gasteiger partial charge in [0, 0.05) is 19.5 Å². The summed E-state index contributed by atoms with van der Waals surface area (Å²) in [5.74, 6) is 0.126. The number of benzene rings is 2. The fourth-order valence-corrected chi connectivity index (χ4v) is 4.51. The third kappa shape index (κ3) is 4.05. The third-order valence-corrected chi connectivity index (χ3v) is 6.12. The molecule has 1 aliphatic rings. The highest BCUT2D eigenvalue weighted by Crippen LogP contribution is 2.35. The first kappa shape index (κ1) is 18.4. The van der Waals surface area contributed by atoms with E-state index in [4.69, 9.17) is 4.74 Å². The average molecular weight is 374 g/mol. The van der Waals surface area contributed by atoms with E-state index in [0.29, 0.717) is 18.0 Å². The van der Waals surface area contributed by atoms with Crippen LogP contribution in [-0.4, -0.2) is 31.8 Å². The fourth-order valence-electron chi connectivity index (χ4n) is 2.81. The van der Waals surface area contributed by atoms with Crippen LogP contribution in [-0.2, 0) is 21.4 Å². The molecule has 2 aromatic carbocycles. The van der Waals surface area contributed by atoms with Crippen LogP contribution in [0.3, 0.4) is 0 Å². The maximum absolute atomic E-state index is 13.2. The number of hydrogen-bond acceptors (Lipinski definition) is 4. The lowest BCUT2D eigenvalue weighted by molar-refractivity contribution is -0.114. The van der Waals surface area contributed by atoms with Crippen molar-refractivity contribution < 1.29 is 17.9 Å². The molecule has 1 saturated carbocycles. The van der Waals surface area contributed by atoms with Gasteiger partial charge < -0.3 is 10.1 Å². The van der Waals surface area contributed by atoms with Crippen LogP contribution in [0.25, 0.3) is 0 Å². The number of carbonyl (C=O) groups excluding carboxylic acids is 1. The second kappa shape index (κ2) is 7.47. The van der Waals surface area contributed by atoms with Crippen LogP contribution < -0.4 is 10.1 Å². The van der Waals surface area contributed by atoms with Crippen molar-refractivity contribution in [2.45, 2.75) is 37.2 Å². The van der Waals surface area contributed by atoms with Crippen molar-refractivity contribution >= 4 is 21.6 Å². The van der Waals surface area contributed by atoms with Crippen LogP contribution in [0.5, 0.6) is 5.75 Å². The topological polar surface area (TPSA) is 75.7 Å². The molecule has 1 aliphatic carbocycles. The van der Waals surface area contributed by atoms with E-state index in [2.05, 4.69) is 5.32 Å². The van der Waals surface area contributed by atoms with Gasteiger partial charge >= 0.3 is 0 Å². The van der Waals surface area contributed by atoms with Crippen molar-refractivity contribution in [3.05, 3.63) is 54.1 Å². The normalized spacial score (nSPS) is 14.3. The largest absolute Gasteiger partial charge is 0.495 e. The zero-order valence-electron chi connectivity index (χ0n) is 14.8. The first-order valence-corrected chi connectivity index (χ1v) is 9.87. The van der Waals surface area contributed by atoms with Crippen LogP contribution >= 0.6 is 0 Å². The molecule has 0 spiro atoms. The molecule has 3 rings (SSSR count). The molecule has 1 fully saturated rings. The van der Waals surface area contributed by atoms with Crippen molar-refractivity contribution in [2.75, 3.05) is 12.4 Å². The van der Waals surface area contributed by atoms with Gasteiger partial charge in [-0.3, -0.25) is 4.79 Å². The third-order valence-electron chi connectivity index (χ3n) is 4.22. The van der Waals surface area contributed by atoms with E-state index in [1.165, 1.54) is 26.2 Å². The highest BCUT2D eigenvalue weighted by atomic mass is 32.2.